The topological polar surface area (TPSA) is 72.9 Å². The molecule has 1 aliphatic rings. The fourth-order valence-electron chi connectivity index (χ4n) is 3.39. The van der Waals surface area contributed by atoms with E-state index in [1.165, 1.54) is 9.01 Å². The summed E-state index contributed by atoms with van der Waals surface area (Å²) >= 11 is 1.64. The highest BCUT2D eigenvalue weighted by Gasteiger charge is 2.26. The van der Waals surface area contributed by atoms with Crippen LogP contribution in [0.5, 0.6) is 0 Å². The van der Waals surface area contributed by atoms with Crippen LogP contribution in [0, 0.1) is 0 Å². The summed E-state index contributed by atoms with van der Waals surface area (Å²) in [4.78, 5) is 12.4. The first kappa shape index (κ1) is 21.0. The third-order valence-electron chi connectivity index (χ3n) is 5.10. The monoisotopic (exact) mass is 445 g/mol. The molecular weight excluding hydrogens is 422 g/mol. The minimum Gasteiger partial charge on any atom is -0.461 e. The molecule has 0 atom stereocenters. The quantitative estimate of drug-likeness (QED) is 0.520. The maximum atomic E-state index is 12.7. The van der Waals surface area contributed by atoms with E-state index < -0.39 is 10.0 Å². The van der Waals surface area contributed by atoms with Gasteiger partial charge in [0.05, 0.1) is 18.1 Å². The SMILES string of the molecule is O=C(CCc1ccc(S(=O)(=O)N2CCOCC2)cc1)OCc1csc2ccccc12. The maximum Gasteiger partial charge on any atom is 0.306 e. The highest BCUT2D eigenvalue weighted by Crippen LogP contribution is 2.26. The Morgan fingerprint density at radius 1 is 1.07 bits per heavy atom. The Hall–Kier alpha value is -2.26. The van der Waals surface area contributed by atoms with Gasteiger partial charge in [0.2, 0.25) is 10.0 Å². The molecule has 0 aliphatic carbocycles. The van der Waals surface area contributed by atoms with Crippen LogP contribution in [0.25, 0.3) is 10.1 Å². The Morgan fingerprint density at radius 3 is 2.57 bits per heavy atom. The van der Waals surface area contributed by atoms with Gasteiger partial charge < -0.3 is 9.47 Å². The Kier molecular flexibility index (Phi) is 6.48. The lowest BCUT2D eigenvalue weighted by Gasteiger charge is -2.26. The van der Waals surface area contributed by atoms with Crippen molar-refractivity contribution in [2.24, 2.45) is 0 Å². The second-order valence-electron chi connectivity index (χ2n) is 7.08. The van der Waals surface area contributed by atoms with Crippen LogP contribution in [0.4, 0.5) is 0 Å². The molecule has 0 spiro atoms. The smallest absolute Gasteiger partial charge is 0.306 e. The van der Waals surface area contributed by atoms with Crippen molar-refractivity contribution in [3.8, 4) is 0 Å². The van der Waals surface area contributed by atoms with Gasteiger partial charge in [-0.3, -0.25) is 4.79 Å². The van der Waals surface area contributed by atoms with Crippen LogP contribution in [-0.2, 0) is 37.3 Å². The third-order valence-corrected chi connectivity index (χ3v) is 8.02. The normalized spacial score (nSPS) is 15.3. The van der Waals surface area contributed by atoms with Gasteiger partial charge in [0.25, 0.3) is 0 Å². The van der Waals surface area contributed by atoms with Gasteiger partial charge in [-0.2, -0.15) is 4.31 Å². The molecule has 2 heterocycles. The van der Waals surface area contributed by atoms with Crippen molar-refractivity contribution < 1.29 is 22.7 Å². The molecule has 6 nitrogen and oxygen atoms in total. The van der Waals surface area contributed by atoms with Gasteiger partial charge >= 0.3 is 5.97 Å². The molecule has 0 unspecified atom stereocenters. The number of fused-ring (bicyclic) bond motifs is 1. The summed E-state index contributed by atoms with van der Waals surface area (Å²) in [6.45, 7) is 1.84. The molecular formula is C22H23NO5S2. The van der Waals surface area contributed by atoms with Crippen molar-refractivity contribution in [3.63, 3.8) is 0 Å². The predicted molar refractivity (Wildman–Crippen MR) is 116 cm³/mol. The van der Waals surface area contributed by atoms with Crippen molar-refractivity contribution in [3.05, 3.63) is 65.0 Å². The van der Waals surface area contributed by atoms with Crippen molar-refractivity contribution in [1.82, 2.24) is 4.31 Å². The molecule has 158 valence electrons. The van der Waals surface area contributed by atoms with E-state index in [0.29, 0.717) is 32.7 Å². The average Bonchev–Trinajstić information content (AvgIpc) is 3.20. The summed E-state index contributed by atoms with van der Waals surface area (Å²) in [5.74, 6) is -0.268. The first-order valence-electron chi connectivity index (χ1n) is 9.81. The number of morpholine rings is 1. The fourth-order valence-corrected chi connectivity index (χ4v) is 5.74. The summed E-state index contributed by atoms with van der Waals surface area (Å²) in [6, 6.07) is 14.8. The van der Waals surface area contributed by atoms with Crippen LogP contribution in [0.1, 0.15) is 17.5 Å². The highest BCUT2D eigenvalue weighted by molar-refractivity contribution is 7.89. The average molecular weight is 446 g/mol. The highest BCUT2D eigenvalue weighted by atomic mass is 32.2. The van der Waals surface area contributed by atoms with Crippen molar-refractivity contribution >= 4 is 37.4 Å². The van der Waals surface area contributed by atoms with Crippen LogP contribution in [0.2, 0.25) is 0 Å². The van der Waals surface area contributed by atoms with Crippen molar-refractivity contribution in [2.75, 3.05) is 26.3 Å². The van der Waals surface area contributed by atoms with Gasteiger partial charge in [-0.15, -0.1) is 11.3 Å². The number of hydrogen-bond donors (Lipinski definition) is 0. The summed E-state index contributed by atoms with van der Waals surface area (Å²) in [5, 5.41) is 3.14. The molecule has 3 aromatic rings. The Balaban J connectivity index is 1.30. The van der Waals surface area contributed by atoms with Crippen LogP contribution in [0.15, 0.2) is 58.8 Å². The number of rotatable bonds is 7. The molecule has 1 fully saturated rings. The van der Waals surface area contributed by atoms with E-state index in [1.54, 1.807) is 35.6 Å². The van der Waals surface area contributed by atoms with Crippen LogP contribution < -0.4 is 0 Å². The molecule has 4 rings (SSSR count). The van der Waals surface area contributed by atoms with E-state index in [0.717, 1.165) is 16.5 Å². The van der Waals surface area contributed by atoms with Crippen molar-refractivity contribution in [1.29, 1.82) is 0 Å². The van der Waals surface area contributed by atoms with Crippen molar-refractivity contribution in [2.45, 2.75) is 24.3 Å². The Morgan fingerprint density at radius 2 is 1.80 bits per heavy atom. The number of esters is 1. The first-order valence-corrected chi connectivity index (χ1v) is 12.1. The molecule has 0 bridgehead atoms. The molecule has 0 saturated carbocycles. The lowest BCUT2D eigenvalue weighted by atomic mass is 10.1. The molecule has 0 N–H and O–H groups in total. The number of thiophene rings is 1. The third kappa shape index (κ3) is 4.73. The summed E-state index contributed by atoms with van der Waals surface area (Å²) in [6.07, 6.45) is 0.749. The molecule has 1 saturated heterocycles. The van der Waals surface area contributed by atoms with E-state index in [4.69, 9.17) is 9.47 Å². The van der Waals surface area contributed by atoms with Crippen LogP contribution in [0.3, 0.4) is 0 Å². The van der Waals surface area contributed by atoms with Gasteiger partial charge in [0.1, 0.15) is 6.61 Å². The fraction of sp³-hybridized carbons (Fsp3) is 0.318. The molecule has 1 aliphatic heterocycles. The summed E-state index contributed by atoms with van der Waals surface area (Å²) in [5.41, 5.74) is 1.91. The number of aryl methyl sites for hydroxylation is 1. The Bertz CT molecular complexity index is 1120. The lowest BCUT2D eigenvalue weighted by Crippen LogP contribution is -2.40. The maximum absolute atomic E-state index is 12.7. The largest absolute Gasteiger partial charge is 0.461 e. The predicted octanol–water partition coefficient (Wildman–Crippen LogP) is 3.60. The van der Waals surface area contributed by atoms with E-state index in [1.807, 2.05) is 29.6 Å². The number of nitrogens with zero attached hydrogens (tertiary/aromatic N) is 1. The van der Waals surface area contributed by atoms with Gasteiger partial charge in [0.15, 0.2) is 0 Å². The summed E-state index contributed by atoms with van der Waals surface area (Å²) in [7, 11) is -3.50. The zero-order chi connectivity index (χ0) is 21.0. The molecule has 1 aromatic heterocycles. The summed E-state index contributed by atoms with van der Waals surface area (Å²) < 4.78 is 38.6. The van der Waals surface area contributed by atoms with Gasteiger partial charge in [-0.1, -0.05) is 30.3 Å². The van der Waals surface area contributed by atoms with Gasteiger partial charge in [-0.25, -0.2) is 8.42 Å². The van der Waals surface area contributed by atoms with Gasteiger partial charge in [-0.05, 0) is 40.9 Å². The molecule has 30 heavy (non-hydrogen) atoms. The second-order valence-corrected chi connectivity index (χ2v) is 9.93. The number of sulfonamides is 1. The zero-order valence-corrected chi connectivity index (χ0v) is 18.1. The molecule has 2 aromatic carbocycles. The molecule has 8 heteroatoms. The lowest BCUT2D eigenvalue weighted by molar-refractivity contribution is -0.144. The second kappa shape index (κ2) is 9.26. The first-order chi connectivity index (χ1) is 14.5. The minimum absolute atomic E-state index is 0.248. The van der Waals surface area contributed by atoms with E-state index in [9.17, 15) is 13.2 Å². The van der Waals surface area contributed by atoms with E-state index in [-0.39, 0.29) is 23.9 Å². The number of carbonyl (C=O) groups excluding carboxylic acids is 1. The van der Waals surface area contributed by atoms with E-state index >= 15 is 0 Å². The number of benzene rings is 2. The Labute approximate surface area is 180 Å². The zero-order valence-electron chi connectivity index (χ0n) is 16.5. The number of carbonyl (C=O) groups is 1. The minimum atomic E-state index is -3.50. The molecule has 0 amide bonds. The van der Waals surface area contributed by atoms with E-state index in [2.05, 4.69) is 0 Å². The van der Waals surface area contributed by atoms with Gasteiger partial charge in [0, 0.05) is 29.8 Å². The number of ether oxygens (including phenoxy) is 2. The number of hydrogen-bond acceptors (Lipinski definition) is 6. The van der Waals surface area contributed by atoms with Crippen LogP contribution in [-0.4, -0.2) is 45.0 Å². The molecule has 0 radical (unpaired) electrons. The standard InChI is InChI=1S/C22H23NO5S2/c24-22(28-15-18-16-29-21-4-2-1-3-20(18)21)10-7-17-5-8-19(9-6-17)30(25,26)23-11-13-27-14-12-23/h1-6,8-9,16H,7,10-15H2. The van der Waals surface area contributed by atoms with Crippen LogP contribution >= 0.6 is 11.3 Å².